The van der Waals surface area contributed by atoms with E-state index in [1.807, 2.05) is 0 Å². The van der Waals surface area contributed by atoms with Gasteiger partial charge in [-0.05, 0) is 99.6 Å². The second kappa shape index (κ2) is 14.2. The Hall–Kier alpha value is 1.08. The number of fused-ring (bicyclic) bond motifs is 4. The van der Waals surface area contributed by atoms with Gasteiger partial charge in [0.05, 0.1) is 8.07 Å². The molecule has 0 nitrogen and oxygen atoms in total. The van der Waals surface area contributed by atoms with E-state index in [1.165, 1.54) is 31.2 Å². The monoisotopic (exact) mass is 726 g/mol. The minimum atomic E-state index is -1.51. The van der Waals surface area contributed by atoms with Crippen molar-refractivity contribution >= 4 is 48.6 Å². The van der Waals surface area contributed by atoms with Crippen molar-refractivity contribution < 1.29 is 20.8 Å². The van der Waals surface area contributed by atoms with Gasteiger partial charge in [-0.1, -0.05) is 90.0 Å². The zero-order valence-corrected chi connectivity index (χ0v) is 33.7. The summed E-state index contributed by atoms with van der Waals surface area (Å²) in [4.78, 5) is 3.21. The molecule has 0 radical (unpaired) electrons. The van der Waals surface area contributed by atoms with Crippen molar-refractivity contribution in [2.45, 2.75) is 113 Å². The second-order valence-corrected chi connectivity index (χ2v) is 26.3. The van der Waals surface area contributed by atoms with Crippen LogP contribution in [0.4, 0.5) is 0 Å². The van der Waals surface area contributed by atoms with Crippen molar-refractivity contribution in [2.24, 2.45) is 29.6 Å². The summed E-state index contributed by atoms with van der Waals surface area (Å²) in [6, 6.07) is 9.89. The first-order valence-electron chi connectivity index (χ1n) is 15.1. The Morgan fingerprint density at radius 2 is 1.34 bits per heavy atom. The molecule has 228 valence electrons. The van der Waals surface area contributed by atoms with Gasteiger partial charge >= 0.3 is 37.9 Å². The van der Waals surface area contributed by atoms with Crippen molar-refractivity contribution in [3.05, 3.63) is 72.2 Å². The van der Waals surface area contributed by atoms with Crippen molar-refractivity contribution in [3.63, 3.8) is 0 Å². The predicted octanol–water partition coefficient (Wildman–Crippen LogP) is 12.5. The van der Waals surface area contributed by atoms with E-state index in [1.54, 1.807) is 15.4 Å². The maximum absolute atomic E-state index is 4.93. The van der Waals surface area contributed by atoms with Gasteiger partial charge in [-0.3, -0.25) is 0 Å². The summed E-state index contributed by atoms with van der Waals surface area (Å²) < 4.78 is 0. The topological polar surface area (TPSA) is 0 Å². The van der Waals surface area contributed by atoms with E-state index < -0.39 is 28.9 Å². The molecular formula is C35H54Cl2S2SiZr. The Morgan fingerprint density at radius 1 is 0.829 bits per heavy atom. The molecule has 6 rings (SSSR count). The molecule has 41 heavy (non-hydrogen) atoms. The number of hydrogen-bond donors (Lipinski definition) is 0. The van der Waals surface area contributed by atoms with Gasteiger partial charge in [0.1, 0.15) is 0 Å². The van der Waals surface area contributed by atoms with E-state index in [2.05, 4.69) is 115 Å². The quantitative estimate of drug-likeness (QED) is 0.224. The zero-order chi connectivity index (χ0) is 28.3. The van der Waals surface area contributed by atoms with Crippen LogP contribution in [0.5, 0.6) is 0 Å². The SMILES string of the molecule is CC1=CC2C3C=C(C)SC3C([Si](C)(C)C3C(C)CC4C(c5ccc(C(C)(C)C)cc5)CCCC43)C2S1.[CH3-].[CH3-].[Cl][Zr+2][Cl]. The Bertz CT molecular complexity index is 1060. The van der Waals surface area contributed by atoms with E-state index in [0.29, 0.717) is 0 Å². The van der Waals surface area contributed by atoms with Gasteiger partial charge in [0, 0.05) is 10.5 Å². The average molecular weight is 729 g/mol. The van der Waals surface area contributed by atoms with Crippen LogP contribution >= 0.6 is 40.5 Å². The van der Waals surface area contributed by atoms with E-state index in [0.717, 1.165) is 57.1 Å². The summed E-state index contributed by atoms with van der Waals surface area (Å²) >= 11 is 3.72. The van der Waals surface area contributed by atoms with Crippen LogP contribution in [0.1, 0.15) is 84.3 Å². The van der Waals surface area contributed by atoms with E-state index in [4.69, 9.17) is 17.0 Å². The number of rotatable bonds is 3. The molecule has 3 aliphatic carbocycles. The molecular weight excluding hydrogens is 675 g/mol. The number of allylic oxidation sites excluding steroid dienone is 4. The molecule has 9 unspecified atom stereocenters. The molecule has 9 atom stereocenters. The standard InChI is InChI=1S/C33H48S2Si.2CH3.2ClH.Zr/c1-19-16-26-24(22-12-14-23(15-13-22)33(4,5)6)10-9-11-25(26)31(19)36(7,8)32-29-27(17-20(2)34-29)28-18-21(3)35-30(28)32;;;;;/h12-15,17-19,24-32H,9-11,16H2,1-8H3;2*1H3;2*1H;/q;2*-1;;;+4/p-2. The molecule has 5 aliphatic rings. The van der Waals surface area contributed by atoms with Gasteiger partial charge in [-0.2, -0.15) is 0 Å². The first kappa shape index (κ1) is 36.5. The third-order valence-corrected chi connectivity index (χ3v) is 19.6. The normalized spacial score (nSPS) is 37.2. The molecule has 6 heteroatoms. The Morgan fingerprint density at radius 3 is 1.83 bits per heavy atom. The van der Waals surface area contributed by atoms with Crippen LogP contribution in [-0.2, 0) is 26.3 Å². The van der Waals surface area contributed by atoms with E-state index in [-0.39, 0.29) is 20.3 Å². The number of halogens is 2. The number of benzene rings is 1. The summed E-state index contributed by atoms with van der Waals surface area (Å²) in [6.07, 6.45) is 11.2. The van der Waals surface area contributed by atoms with Crippen LogP contribution in [-0.4, -0.2) is 18.6 Å². The fourth-order valence-electron chi connectivity index (χ4n) is 9.95. The molecule has 0 amide bonds. The Balaban J connectivity index is 0.000000887. The van der Waals surface area contributed by atoms with Gasteiger partial charge in [-0.15, -0.1) is 23.5 Å². The third kappa shape index (κ3) is 6.94. The molecule has 1 aromatic carbocycles. The van der Waals surface area contributed by atoms with Crippen LogP contribution in [0, 0.1) is 44.4 Å². The van der Waals surface area contributed by atoms with Gasteiger partial charge in [-0.25, -0.2) is 0 Å². The molecule has 0 saturated heterocycles. The fraction of sp³-hybridized carbons (Fsp3) is 0.657. The molecule has 0 bridgehead atoms. The van der Waals surface area contributed by atoms with Crippen LogP contribution in [0.2, 0.25) is 24.2 Å². The van der Waals surface area contributed by atoms with Crippen LogP contribution in [0.3, 0.4) is 0 Å². The summed E-state index contributed by atoms with van der Waals surface area (Å²) in [6.45, 7) is 20.2. The third-order valence-electron chi connectivity index (χ3n) is 11.2. The van der Waals surface area contributed by atoms with Gasteiger partial charge < -0.3 is 14.9 Å². The Kier molecular flexibility index (Phi) is 12.7. The van der Waals surface area contributed by atoms with Crippen molar-refractivity contribution in [1.82, 2.24) is 0 Å². The van der Waals surface area contributed by atoms with Crippen molar-refractivity contribution in [2.75, 3.05) is 0 Å². The summed E-state index contributed by atoms with van der Waals surface area (Å²) in [5, 5.41) is 1.71. The first-order valence-corrected chi connectivity index (χ1v) is 26.4. The maximum atomic E-state index is 4.93. The Labute approximate surface area is 282 Å². The molecule has 2 heterocycles. The van der Waals surface area contributed by atoms with Gasteiger partial charge in [0.25, 0.3) is 0 Å². The second-order valence-electron chi connectivity index (χ2n) is 14.8. The van der Waals surface area contributed by atoms with Gasteiger partial charge in [0.2, 0.25) is 0 Å². The van der Waals surface area contributed by atoms with Crippen molar-refractivity contribution in [1.29, 1.82) is 0 Å². The minimum absolute atomic E-state index is 0. The molecule has 0 aromatic heterocycles. The fourth-order valence-corrected chi connectivity index (χ4v) is 21.1. The first-order chi connectivity index (χ1) is 18.4. The average Bonchev–Trinajstić information content (AvgIpc) is 3.57. The molecule has 3 fully saturated rings. The van der Waals surface area contributed by atoms with E-state index >= 15 is 0 Å². The molecule has 2 aliphatic heterocycles. The summed E-state index contributed by atoms with van der Waals surface area (Å²) in [5.41, 5.74) is 5.30. The van der Waals surface area contributed by atoms with Crippen LogP contribution in [0.25, 0.3) is 0 Å². The molecule has 1 aromatic rings. The molecule has 0 spiro atoms. The number of hydrogen-bond acceptors (Lipinski definition) is 2. The summed E-state index contributed by atoms with van der Waals surface area (Å²) in [5.74, 6) is 5.15. The molecule has 3 saturated carbocycles. The summed E-state index contributed by atoms with van der Waals surface area (Å²) in [7, 11) is 8.36. The van der Waals surface area contributed by atoms with E-state index in [9.17, 15) is 0 Å². The van der Waals surface area contributed by atoms with Crippen molar-refractivity contribution in [3.8, 4) is 0 Å². The van der Waals surface area contributed by atoms with Gasteiger partial charge in [0.15, 0.2) is 0 Å². The molecule has 0 N–H and O–H groups in total. The van der Waals surface area contributed by atoms with Crippen LogP contribution in [0.15, 0.2) is 46.2 Å². The number of thioether (sulfide) groups is 2. The van der Waals surface area contributed by atoms with Crippen LogP contribution < -0.4 is 0 Å². The predicted molar refractivity (Wildman–Crippen MR) is 189 cm³/mol. The zero-order valence-electron chi connectivity index (χ0n) is 27.1.